The Morgan fingerprint density at radius 2 is 2.04 bits per heavy atom. The standard InChI is InChI=1S/C21H23N5O/c22-11-15-1-4-19(5-2-15)26-21(27)8-3-16-13-24-10-9-20(16)17(12-23)14-25-18-6-7-18/h1-5,8-10,12-14,18,23,25H,6-7,11,22H2,(H,26,27)/b8-3+,17-14+,23-12?. The van der Waals surface area contributed by atoms with Crippen LogP contribution in [0.5, 0.6) is 0 Å². The van der Waals surface area contributed by atoms with Gasteiger partial charge in [0.05, 0.1) is 0 Å². The zero-order valence-electron chi connectivity index (χ0n) is 15.0. The summed E-state index contributed by atoms with van der Waals surface area (Å²) in [5, 5.41) is 13.8. The summed E-state index contributed by atoms with van der Waals surface area (Å²) < 4.78 is 0. The Labute approximate surface area is 158 Å². The van der Waals surface area contributed by atoms with Crippen LogP contribution in [0.25, 0.3) is 11.6 Å². The maximum atomic E-state index is 12.2. The number of aromatic nitrogens is 1. The third-order valence-corrected chi connectivity index (χ3v) is 4.24. The molecule has 138 valence electrons. The van der Waals surface area contributed by atoms with Crippen molar-refractivity contribution in [2.24, 2.45) is 5.73 Å². The first-order chi connectivity index (χ1) is 13.2. The van der Waals surface area contributed by atoms with Crippen LogP contribution in [0.2, 0.25) is 0 Å². The fourth-order valence-corrected chi connectivity index (χ4v) is 2.53. The highest BCUT2D eigenvalue weighted by Gasteiger charge is 2.19. The quantitative estimate of drug-likeness (QED) is 0.429. The lowest BCUT2D eigenvalue weighted by Crippen LogP contribution is -2.09. The molecule has 6 nitrogen and oxygen atoms in total. The topological polar surface area (TPSA) is 104 Å². The fourth-order valence-electron chi connectivity index (χ4n) is 2.53. The number of carbonyl (C=O) groups excluding carboxylic acids is 1. The summed E-state index contributed by atoms with van der Waals surface area (Å²) >= 11 is 0. The molecule has 3 rings (SSSR count). The molecule has 0 unspecified atom stereocenters. The Kier molecular flexibility index (Phi) is 6.12. The molecule has 1 aromatic heterocycles. The summed E-state index contributed by atoms with van der Waals surface area (Å²) in [7, 11) is 0. The predicted octanol–water partition coefficient (Wildman–Crippen LogP) is 2.93. The molecule has 1 fully saturated rings. The minimum absolute atomic E-state index is 0.234. The Hall–Kier alpha value is -3.25. The van der Waals surface area contributed by atoms with Gasteiger partial charge in [0, 0.05) is 60.3 Å². The molecule has 0 bridgehead atoms. The van der Waals surface area contributed by atoms with Gasteiger partial charge in [-0.3, -0.25) is 9.78 Å². The van der Waals surface area contributed by atoms with Gasteiger partial charge in [-0.2, -0.15) is 0 Å². The molecule has 1 saturated carbocycles. The average molecular weight is 361 g/mol. The van der Waals surface area contributed by atoms with Crippen molar-refractivity contribution in [2.45, 2.75) is 25.4 Å². The van der Waals surface area contributed by atoms with Crippen LogP contribution in [0.1, 0.15) is 29.5 Å². The minimum Gasteiger partial charge on any atom is -0.388 e. The smallest absolute Gasteiger partial charge is 0.248 e. The molecular weight excluding hydrogens is 338 g/mol. The molecular formula is C21H23N5O. The summed E-state index contributed by atoms with van der Waals surface area (Å²) in [5.74, 6) is -0.234. The third-order valence-electron chi connectivity index (χ3n) is 4.24. The number of nitrogens with zero attached hydrogens (tertiary/aromatic N) is 1. The summed E-state index contributed by atoms with van der Waals surface area (Å²) in [6.07, 6.45) is 12.0. The fraction of sp³-hybridized carbons (Fsp3) is 0.190. The maximum absolute atomic E-state index is 12.2. The van der Waals surface area contributed by atoms with Crippen LogP contribution in [0, 0.1) is 5.41 Å². The Bertz CT molecular complexity index is 866. The van der Waals surface area contributed by atoms with E-state index in [9.17, 15) is 4.79 Å². The van der Waals surface area contributed by atoms with Gasteiger partial charge < -0.3 is 21.8 Å². The lowest BCUT2D eigenvalue weighted by molar-refractivity contribution is -0.111. The molecule has 1 aromatic carbocycles. The molecule has 2 aromatic rings. The number of rotatable bonds is 8. The van der Waals surface area contributed by atoms with Crippen LogP contribution in [-0.2, 0) is 11.3 Å². The molecule has 5 N–H and O–H groups in total. The Morgan fingerprint density at radius 1 is 1.26 bits per heavy atom. The molecule has 1 heterocycles. The number of nitrogens with two attached hydrogens (primary N) is 1. The molecule has 0 radical (unpaired) electrons. The highest BCUT2D eigenvalue weighted by atomic mass is 16.1. The van der Waals surface area contributed by atoms with Gasteiger partial charge >= 0.3 is 0 Å². The molecule has 27 heavy (non-hydrogen) atoms. The average Bonchev–Trinajstić information content (AvgIpc) is 3.53. The summed E-state index contributed by atoms with van der Waals surface area (Å²) in [4.78, 5) is 16.3. The number of carbonyl (C=O) groups is 1. The van der Waals surface area contributed by atoms with E-state index in [2.05, 4.69) is 15.6 Å². The van der Waals surface area contributed by atoms with E-state index >= 15 is 0 Å². The number of allylic oxidation sites excluding steroid dienone is 1. The lowest BCUT2D eigenvalue weighted by Gasteiger charge is -2.07. The molecule has 0 aliphatic heterocycles. The van der Waals surface area contributed by atoms with Gasteiger partial charge in [0.2, 0.25) is 5.91 Å². The second-order valence-electron chi connectivity index (χ2n) is 6.37. The van der Waals surface area contributed by atoms with Crippen molar-refractivity contribution in [2.75, 3.05) is 5.32 Å². The number of hydrogen-bond acceptors (Lipinski definition) is 5. The van der Waals surface area contributed by atoms with Crippen LogP contribution in [0.15, 0.2) is 55.0 Å². The van der Waals surface area contributed by atoms with Gasteiger partial charge in [0.25, 0.3) is 0 Å². The number of amides is 1. The number of benzene rings is 1. The van der Waals surface area contributed by atoms with Crippen LogP contribution in [0.4, 0.5) is 5.69 Å². The van der Waals surface area contributed by atoms with Gasteiger partial charge in [-0.15, -0.1) is 0 Å². The first-order valence-corrected chi connectivity index (χ1v) is 8.88. The van der Waals surface area contributed by atoms with Crippen molar-refractivity contribution in [3.63, 3.8) is 0 Å². The van der Waals surface area contributed by atoms with Crippen molar-refractivity contribution in [1.82, 2.24) is 10.3 Å². The highest BCUT2D eigenvalue weighted by molar-refractivity contribution is 6.10. The molecule has 0 spiro atoms. The number of nitrogens with one attached hydrogen (secondary N) is 3. The van der Waals surface area contributed by atoms with Crippen molar-refractivity contribution < 1.29 is 4.79 Å². The predicted molar refractivity (Wildman–Crippen MR) is 109 cm³/mol. The SMILES string of the molecule is N=C/C(=C\NC1CC1)c1ccncc1/C=C/C(=O)Nc1ccc(CN)cc1. The van der Waals surface area contributed by atoms with Crippen molar-refractivity contribution in [3.8, 4) is 0 Å². The van der Waals surface area contributed by atoms with E-state index in [0.717, 1.165) is 35.1 Å². The number of anilines is 1. The first-order valence-electron chi connectivity index (χ1n) is 8.88. The van der Waals surface area contributed by atoms with Gasteiger partial charge in [-0.05, 0) is 48.2 Å². The summed E-state index contributed by atoms with van der Waals surface area (Å²) in [6.45, 7) is 0.469. The number of hydrogen-bond donors (Lipinski definition) is 4. The zero-order chi connectivity index (χ0) is 19.1. The van der Waals surface area contributed by atoms with E-state index in [1.807, 2.05) is 36.5 Å². The normalized spacial score (nSPS) is 14.2. The molecule has 0 atom stereocenters. The zero-order valence-corrected chi connectivity index (χ0v) is 15.0. The van der Waals surface area contributed by atoms with E-state index in [1.54, 1.807) is 18.5 Å². The van der Waals surface area contributed by atoms with Gasteiger partial charge in [-0.1, -0.05) is 12.1 Å². The van der Waals surface area contributed by atoms with Gasteiger partial charge in [0.1, 0.15) is 0 Å². The van der Waals surface area contributed by atoms with E-state index < -0.39 is 0 Å². The third kappa shape index (κ3) is 5.36. The first kappa shape index (κ1) is 18.5. The molecule has 1 amide bonds. The van der Waals surface area contributed by atoms with Crippen LogP contribution >= 0.6 is 0 Å². The van der Waals surface area contributed by atoms with Crippen molar-refractivity contribution in [1.29, 1.82) is 5.41 Å². The van der Waals surface area contributed by atoms with E-state index in [0.29, 0.717) is 18.3 Å². The summed E-state index contributed by atoms with van der Waals surface area (Å²) in [6, 6.07) is 9.76. The largest absolute Gasteiger partial charge is 0.388 e. The van der Waals surface area contributed by atoms with E-state index in [4.69, 9.17) is 11.1 Å². The lowest BCUT2D eigenvalue weighted by atomic mass is 10.0. The van der Waals surface area contributed by atoms with Crippen molar-refractivity contribution in [3.05, 3.63) is 71.7 Å². The van der Waals surface area contributed by atoms with E-state index in [1.165, 1.54) is 12.3 Å². The van der Waals surface area contributed by atoms with E-state index in [-0.39, 0.29) is 5.91 Å². The number of pyridine rings is 1. The molecule has 1 aliphatic rings. The minimum atomic E-state index is -0.234. The molecule has 1 aliphatic carbocycles. The second kappa shape index (κ2) is 8.91. The van der Waals surface area contributed by atoms with Gasteiger partial charge in [-0.25, -0.2) is 0 Å². The molecule has 6 heteroatoms. The van der Waals surface area contributed by atoms with Crippen LogP contribution < -0.4 is 16.4 Å². The molecule has 0 saturated heterocycles. The Balaban J connectivity index is 1.71. The second-order valence-corrected chi connectivity index (χ2v) is 6.37. The monoisotopic (exact) mass is 361 g/mol. The van der Waals surface area contributed by atoms with Crippen molar-refractivity contribution >= 4 is 29.5 Å². The van der Waals surface area contributed by atoms with Crippen LogP contribution in [0.3, 0.4) is 0 Å². The summed E-state index contributed by atoms with van der Waals surface area (Å²) in [5.41, 5.74) is 9.67. The van der Waals surface area contributed by atoms with Gasteiger partial charge in [0.15, 0.2) is 0 Å². The maximum Gasteiger partial charge on any atom is 0.248 e. The van der Waals surface area contributed by atoms with Crippen LogP contribution in [-0.4, -0.2) is 23.1 Å². The highest BCUT2D eigenvalue weighted by Crippen LogP contribution is 2.21. The Morgan fingerprint density at radius 3 is 2.70 bits per heavy atom.